The van der Waals surface area contributed by atoms with Gasteiger partial charge in [0.2, 0.25) is 0 Å². The summed E-state index contributed by atoms with van der Waals surface area (Å²) < 4.78 is 5.43. The van der Waals surface area contributed by atoms with Gasteiger partial charge >= 0.3 is 6.03 Å². The van der Waals surface area contributed by atoms with E-state index in [0.717, 1.165) is 16.2 Å². The lowest BCUT2D eigenvalue weighted by atomic mass is 10.0. The van der Waals surface area contributed by atoms with E-state index in [2.05, 4.69) is 15.5 Å². The molecule has 0 fully saturated rings. The van der Waals surface area contributed by atoms with Crippen LogP contribution in [-0.4, -0.2) is 38.7 Å². The summed E-state index contributed by atoms with van der Waals surface area (Å²) in [5.41, 5.74) is 1.05. The molecule has 2 N–H and O–H groups in total. The summed E-state index contributed by atoms with van der Waals surface area (Å²) in [4.78, 5) is 15.2. The summed E-state index contributed by atoms with van der Waals surface area (Å²) in [5.74, 6) is 0.826. The molecule has 0 radical (unpaired) electrons. The smallest absolute Gasteiger partial charge is 0.315 e. The van der Waals surface area contributed by atoms with Crippen LogP contribution in [0.25, 0.3) is 0 Å². The Balaban J connectivity index is 1.93. The highest BCUT2D eigenvalue weighted by Crippen LogP contribution is 2.27. The summed E-state index contributed by atoms with van der Waals surface area (Å²) in [5, 5.41) is 7.80. The molecule has 0 aliphatic carbocycles. The first kappa shape index (κ1) is 17.3. The van der Waals surface area contributed by atoms with E-state index in [0.29, 0.717) is 13.1 Å². The summed E-state index contributed by atoms with van der Waals surface area (Å²) in [6, 6.07) is 11.7. The number of rotatable bonds is 7. The van der Waals surface area contributed by atoms with E-state index >= 15 is 0 Å². The number of carbonyl (C=O) groups is 1. The molecule has 6 heteroatoms. The second-order valence-corrected chi connectivity index (χ2v) is 6.40. The number of thiophene rings is 1. The van der Waals surface area contributed by atoms with Crippen molar-refractivity contribution in [3.8, 4) is 5.75 Å². The number of urea groups is 1. The van der Waals surface area contributed by atoms with Gasteiger partial charge < -0.3 is 20.3 Å². The third kappa shape index (κ3) is 4.97. The van der Waals surface area contributed by atoms with Gasteiger partial charge in [-0.2, -0.15) is 0 Å². The van der Waals surface area contributed by atoms with Gasteiger partial charge in [-0.1, -0.05) is 24.3 Å². The minimum Gasteiger partial charge on any atom is -0.496 e. The van der Waals surface area contributed by atoms with Gasteiger partial charge in [0, 0.05) is 17.0 Å². The van der Waals surface area contributed by atoms with Crippen LogP contribution in [0.1, 0.15) is 16.5 Å². The van der Waals surface area contributed by atoms with Crippen LogP contribution in [0.15, 0.2) is 41.8 Å². The Kier molecular flexibility index (Phi) is 6.43. The van der Waals surface area contributed by atoms with Crippen LogP contribution in [0.5, 0.6) is 5.75 Å². The lowest BCUT2D eigenvalue weighted by Crippen LogP contribution is -2.40. The molecule has 1 heterocycles. The molecule has 2 rings (SSSR count). The number of benzene rings is 1. The van der Waals surface area contributed by atoms with Gasteiger partial charge in [-0.3, -0.25) is 0 Å². The molecule has 0 saturated carbocycles. The van der Waals surface area contributed by atoms with Crippen LogP contribution in [0.4, 0.5) is 4.79 Å². The highest BCUT2D eigenvalue weighted by Gasteiger charge is 2.18. The van der Waals surface area contributed by atoms with Gasteiger partial charge in [-0.15, -0.1) is 11.3 Å². The quantitative estimate of drug-likeness (QED) is 0.819. The molecule has 0 aliphatic rings. The van der Waals surface area contributed by atoms with Crippen molar-refractivity contribution in [2.45, 2.75) is 12.6 Å². The standard InChI is InChI=1S/C17H23N3O2S/c1-20(2)15(14-8-4-5-9-16(14)22-3)12-19-17(21)18-11-13-7-6-10-23-13/h4-10,15H,11-12H2,1-3H3,(H2,18,19,21). The minimum atomic E-state index is -0.167. The van der Waals surface area contributed by atoms with Gasteiger partial charge in [0.25, 0.3) is 0 Å². The lowest BCUT2D eigenvalue weighted by Gasteiger charge is -2.26. The number of hydrogen-bond acceptors (Lipinski definition) is 4. The molecule has 2 amide bonds. The molecule has 5 nitrogen and oxygen atoms in total. The normalized spacial score (nSPS) is 12.0. The first-order valence-electron chi connectivity index (χ1n) is 7.45. The van der Waals surface area contributed by atoms with Crippen molar-refractivity contribution in [3.63, 3.8) is 0 Å². The topological polar surface area (TPSA) is 53.6 Å². The molecule has 23 heavy (non-hydrogen) atoms. The number of ether oxygens (including phenoxy) is 1. The van der Waals surface area contributed by atoms with Crippen LogP contribution in [0.3, 0.4) is 0 Å². The first-order valence-corrected chi connectivity index (χ1v) is 8.33. The second kappa shape index (κ2) is 8.55. The Labute approximate surface area is 141 Å². The number of nitrogens with one attached hydrogen (secondary N) is 2. The van der Waals surface area contributed by atoms with E-state index < -0.39 is 0 Å². The number of methoxy groups -OCH3 is 1. The fourth-order valence-electron chi connectivity index (χ4n) is 2.34. The Hall–Kier alpha value is -2.05. The average Bonchev–Trinajstić information content (AvgIpc) is 3.06. The molecule has 2 aromatic rings. The van der Waals surface area contributed by atoms with Gasteiger partial charge in [0.05, 0.1) is 19.7 Å². The molecule has 0 saturated heterocycles. The third-order valence-corrected chi connectivity index (χ3v) is 4.46. The van der Waals surface area contributed by atoms with E-state index in [9.17, 15) is 4.79 Å². The molecule has 0 bridgehead atoms. The second-order valence-electron chi connectivity index (χ2n) is 5.36. The lowest BCUT2D eigenvalue weighted by molar-refractivity contribution is 0.231. The number of hydrogen-bond donors (Lipinski definition) is 2. The molecule has 1 unspecified atom stereocenters. The minimum absolute atomic E-state index is 0.0404. The maximum Gasteiger partial charge on any atom is 0.315 e. The molecule has 0 spiro atoms. The molecular weight excluding hydrogens is 310 g/mol. The highest BCUT2D eigenvalue weighted by atomic mass is 32.1. The average molecular weight is 333 g/mol. The summed E-state index contributed by atoms with van der Waals surface area (Å²) in [6.07, 6.45) is 0. The predicted molar refractivity (Wildman–Crippen MR) is 94.0 cm³/mol. The number of carbonyl (C=O) groups excluding carboxylic acids is 1. The van der Waals surface area contributed by atoms with Crippen molar-refractivity contribution in [2.24, 2.45) is 0 Å². The number of nitrogens with zero attached hydrogens (tertiary/aromatic N) is 1. The zero-order chi connectivity index (χ0) is 16.7. The zero-order valence-electron chi connectivity index (χ0n) is 13.7. The van der Waals surface area contributed by atoms with E-state index in [4.69, 9.17) is 4.74 Å². The Bertz CT molecular complexity index is 614. The SMILES string of the molecule is COc1ccccc1C(CNC(=O)NCc1cccs1)N(C)C. The van der Waals surface area contributed by atoms with Crippen LogP contribution in [0, 0.1) is 0 Å². The van der Waals surface area contributed by atoms with Crippen LogP contribution >= 0.6 is 11.3 Å². The summed E-state index contributed by atoms with van der Waals surface area (Å²) in [6.45, 7) is 1.05. The van der Waals surface area contributed by atoms with Crippen molar-refractivity contribution in [1.29, 1.82) is 0 Å². The predicted octanol–water partition coefficient (Wildman–Crippen LogP) is 2.86. The molecule has 0 aliphatic heterocycles. The van der Waals surface area contributed by atoms with Crippen molar-refractivity contribution < 1.29 is 9.53 Å². The van der Waals surface area contributed by atoms with Gasteiger partial charge in [-0.05, 0) is 31.6 Å². The number of para-hydroxylation sites is 1. The summed E-state index contributed by atoms with van der Waals surface area (Å²) in [7, 11) is 5.64. The van der Waals surface area contributed by atoms with E-state index in [1.54, 1.807) is 18.4 Å². The van der Waals surface area contributed by atoms with Gasteiger partial charge in [-0.25, -0.2) is 4.79 Å². The maximum absolute atomic E-state index is 12.0. The van der Waals surface area contributed by atoms with Crippen molar-refractivity contribution in [1.82, 2.24) is 15.5 Å². The number of likely N-dealkylation sites (N-methyl/N-ethyl adjacent to an activating group) is 1. The fraction of sp³-hybridized carbons (Fsp3) is 0.353. The van der Waals surface area contributed by atoms with Crippen LogP contribution in [0.2, 0.25) is 0 Å². The molecular formula is C17H23N3O2S. The molecule has 1 aromatic heterocycles. The Morgan fingerprint density at radius 2 is 2.00 bits per heavy atom. The van der Waals surface area contributed by atoms with E-state index in [1.165, 1.54) is 0 Å². The van der Waals surface area contributed by atoms with E-state index in [1.807, 2.05) is 55.9 Å². The monoisotopic (exact) mass is 333 g/mol. The Morgan fingerprint density at radius 1 is 1.22 bits per heavy atom. The van der Waals surface area contributed by atoms with Crippen molar-refractivity contribution in [3.05, 3.63) is 52.2 Å². The molecule has 124 valence electrons. The summed E-state index contributed by atoms with van der Waals surface area (Å²) >= 11 is 1.63. The third-order valence-electron chi connectivity index (χ3n) is 3.58. The molecule has 1 aromatic carbocycles. The Morgan fingerprint density at radius 3 is 2.65 bits per heavy atom. The molecule has 1 atom stereocenters. The number of amides is 2. The van der Waals surface area contributed by atoms with Crippen molar-refractivity contribution in [2.75, 3.05) is 27.7 Å². The largest absolute Gasteiger partial charge is 0.496 e. The van der Waals surface area contributed by atoms with Crippen LogP contribution < -0.4 is 15.4 Å². The zero-order valence-corrected chi connectivity index (χ0v) is 14.5. The first-order chi connectivity index (χ1) is 11.1. The van der Waals surface area contributed by atoms with Crippen LogP contribution in [-0.2, 0) is 6.54 Å². The van der Waals surface area contributed by atoms with Gasteiger partial charge in [0.15, 0.2) is 0 Å². The fourth-order valence-corrected chi connectivity index (χ4v) is 2.99. The van der Waals surface area contributed by atoms with Crippen molar-refractivity contribution >= 4 is 17.4 Å². The van der Waals surface area contributed by atoms with E-state index in [-0.39, 0.29) is 12.1 Å². The van der Waals surface area contributed by atoms with Gasteiger partial charge in [0.1, 0.15) is 5.75 Å². The maximum atomic E-state index is 12.0. The highest BCUT2D eigenvalue weighted by molar-refractivity contribution is 7.09.